The molecule has 0 spiro atoms. The molecular weight excluding hydrogens is 268 g/mol. The van der Waals surface area contributed by atoms with Crippen LogP contribution in [0.3, 0.4) is 0 Å². The molecule has 0 aliphatic rings. The first-order valence-corrected chi connectivity index (χ1v) is 6.63. The standard InChI is InChI=1S/C16H16N2O3/c19-15(11-12-7-9-17-10-8-12)18-14-4-2-1-3-13(14)5-6-16(20)21/h1-4,7-10H,5-6,11H2,(H,18,19)(H,20,21). The number of anilines is 1. The second kappa shape index (κ2) is 7.19. The molecule has 0 aliphatic heterocycles. The molecular formula is C16H16N2O3. The number of pyridine rings is 1. The van der Waals surface area contributed by atoms with E-state index in [1.165, 1.54) is 0 Å². The zero-order valence-electron chi connectivity index (χ0n) is 11.5. The van der Waals surface area contributed by atoms with Crippen LogP contribution in [0.4, 0.5) is 5.69 Å². The summed E-state index contributed by atoms with van der Waals surface area (Å²) < 4.78 is 0. The zero-order chi connectivity index (χ0) is 15.1. The summed E-state index contributed by atoms with van der Waals surface area (Å²) >= 11 is 0. The predicted octanol–water partition coefficient (Wildman–Crippen LogP) is 2.28. The number of carboxylic acids is 1. The Morgan fingerprint density at radius 3 is 2.52 bits per heavy atom. The summed E-state index contributed by atoms with van der Waals surface area (Å²) in [7, 11) is 0. The number of amides is 1. The van der Waals surface area contributed by atoms with Crippen molar-refractivity contribution in [1.29, 1.82) is 0 Å². The first kappa shape index (κ1) is 14.7. The van der Waals surface area contributed by atoms with E-state index in [2.05, 4.69) is 10.3 Å². The summed E-state index contributed by atoms with van der Waals surface area (Å²) in [5.41, 5.74) is 2.37. The smallest absolute Gasteiger partial charge is 0.303 e. The Morgan fingerprint density at radius 2 is 1.81 bits per heavy atom. The average molecular weight is 284 g/mol. The third-order valence-electron chi connectivity index (χ3n) is 3.01. The maximum absolute atomic E-state index is 12.0. The van der Waals surface area contributed by atoms with Crippen LogP contribution < -0.4 is 5.32 Å². The number of aryl methyl sites for hydroxylation is 1. The van der Waals surface area contributed by atoms with Gasteiger partial charge in [-0.25, -0.2) is 0 Å². The van der Waals surface area contributed by atoms with Gasteiger partial charge in [0.2, 0.25) is 5.91 Å². The topological polar surface area (TPSA) is 79.3 Å². The lowest BCUT2D eigenvalue weighted by Crippen LogP contribution is -2.15. The lowest BCUT2D eigenvalue weighted by molar-refractivity contribution is -0.136. The fourth-order valence-electron chi connectivity index (χ4n) is 1.98. The van der Waals surface area contributed by atoms with Crippen LogP contribution >= 0.6 is 0 Å². The van der Waals surface area contributed by atoms with Gasteiger partial charge in [0.25, 0.3) is 0 Å². The Bertz CT molecular complexity index is 626. The number of nitrogens with one attached hydrogen (secondary N) is 1. The van der Waals surface area contributed by atoms with Crippen LogP contribution in [0, 0.1) is 0 Å². The summed E-state index contributed by atoms with van der Waals surface area (Å²) in [6.07, 6.45) is 3.97. The fraction of sp³-hybridized carbons (Fsp3) is 0.188. The summed E-state index contributed by atoms with van der Waals surface area (Å²) in [4.78, 5) is 26.6. The van der Waals surface area contributed by atoms with Gasteiger partial charge in [-0.05, 0) is 35.7 Å². The van der Waals surface area contributed by atoms with E-state index in [1.807, 2.05) is 18.2 Å². The van der Waals surface area contributed by atoms with Gasteiger partial charge >= 0.3 is 5.97 Å². The monoisotopic (exact) mass is 284 g/mol. The highest BCUT2D eigenvalue weighted by Crippen LogP contribution is 2.17. The number of carbonyl (C=O) groups excluding carboxylic acids is 1. The molecule has 0 bridgehead atoms. The molecule has 0 aliphatic carbocycles. The molecule has 0 fully saturated rings. The molecule has 0 atom stereocenters. The first-order valence-electron chi connectivity index (χ1n) is 6.63. The van der Waals surface area contributed by atoms with Gasteiger partial charge in [0.15, 0.2) is 0 Å². The Morgan fingerprint density at radius 1 is 1.10 bits per heavy atom. The highest BCUT2D eigenvalue weighted by atomic mass is 16.4. The molecule has 1 aromatic carbocycles. The van der Waals surface area contributed by atoms with Gasteiger partial charge in [0.05, 0.1) is 6.42 Å². The van der Waals surface area contributed by atoms with Gasteiger partial charge < -0.3 is 10.4 Å². The van der Waals surface area contributed by atoms with E-state index in [4.69, 9.17) is 5.11 Å². The predicted molar refractivity (Wildman–Crippen MR) is 79.0 cm³/mol. The van der Waals surface area contributed by atoms with E-state index < -0.39 is 5.97 Å². The van der Waals surface area contributed by atoms with Crippen molar-refractivity contribution in [3.63, 3.8) is 0 Å². The number of aromatic nitrogens is 1. The maximum Gasteiger partial charge on any atom is 0.303 e. The molecule has 0 unspecified atom stereocenters. The van der Waals surface area contributed by atoms with Crippen molar-refractivity contribution in [3.8, 4) is 0 Å². The minimum atomic E-state index is -0.854. The Labute approximate surface area is 122 Å². The second-order valence-corrected chi connectivity index (χ2v) is 4.63. The lowest BCUT2D eigenvalue weighted by Gasteiger charge is -2.10. The summed E-state index contributed by atoms with van der Waals surface area (Å²) in [5, 5.41) is 11.6. The van der Waals surface area contributed by atoms with E-state index >= 15 is 0 Å². The number of nitrogens with zero attached hydrogens (tertiary/aromatic N) is 1. The third-order valence-corrected chi connectivity index (χ3v) is 3.01. The average Bonchev–Trinajstić information content (AvgIpc) is 2.47. The number of hydrogen-bond acceptors (Lipinski definition) is 3. The van der Waals surface area contributed by atoms with Crippen molar-refractivity contribution in [2.45, 2.75) is 19.3 Å². The Balaban J connectivity index is 2.01. The van der Waals surface area contributed by atoms with E-state index in [0.717, 1.165) is 11.1 Å². The van der Waals surface area contributed by atoms with Gasteiger partial charge in [-0.3, -0.25) is 14.6 Å². The molecule has 0 saturated heterocycles. The van der Waals surface area contributed by atoms with Gasteiger partial charge in [-0.2, -0.15) is 0 Å². The van der Waals surface area contributed by atoms with Crippen LogP contribution in [0.1, 0.15) is 17.5 Å². The fourth-order valence-corrected chi connectivity index (χ4v) is 1.98. The molecule has 108 valence electrons. The van der Waals surface area contributed by atoms with Crippen molar-refractivity contribution < 1.29 is 14.7 Å². The van der Waals surface area contributed by atoms with Crippen molar-refractivity contribution >= 4 is 17.6 Å². The molecule has 1 aromatic heterocycles. The SMILES string of the molecule is O=C(O)CCc1ccccc1NC(=O)Cc1ccncc1. The van der Waals surface area contributed by atoms with Gasteiger partial charge in [-0.15, -0.1) is 0 Å². The van der Waals surface area contributed by atoms with E-state index in [-0.39, 0.29) is 18.7 Å². The van der Waals surface area contributed by atoms with Crippen molar-refractivity contribution in [2.24, 2.45) is 0 Å². The van der Waals surface area contributed by atoms with Crippen LogP contribution in [0.25, 0.3) is 0 Å². The van der Waals surface area contributed by atoms with Crippen molar-refractivity contribution in [1.82, 2.24) is 4.98 Å². The number of aliphatic carboxylic acids is 1. The van der Waals surface area contributed by atoms with Crippen LogP contribution in [0.5, 0.6) is 0 Å². The van der Waals surface area contributed by atoms with E-state index in [1.54, 1.807) is 30.6 Å². The van der Waals surface area contributed by atoms with Crippen molar-refractivity contribution in [2.75, 3.05) is 5.32 Å². The number of carboxylic acid groups (broad SMARTS) is 1. The molecule has 1 heterocycles. The van der Waals surface area contributed by atoms with E-state index in [9.17, 15) is 9.59 Å². The summed E-state index contributed by atoms with van der Waals surface area (Å²) in [6.45, 7) is 0. The first-order chi connectivity index (χ1) is 10.1. The van der Waals surface area contributed by atoms with Gasteiger partial charge in [0, 0.05) is 24.5 Å². The largest absolute Gasteiger partial charge is 0.481 e. The van der Waals surface area contributed by atoms with Crippen LogP contribution in [-0.4, -0.2) is 22.0 Å². The number of carbonyl (C=O) groups is 2. The molecule has 1 amide bonds. The van der Waals surface area contributed by atoms with Gasteiger partial charge in [-0.1, -0.05) is 18.2 Å². The molecule has 2 N–H and O–H groups in total. The number of hydrogen-bond donors (Lipinski definition) is 2. The Hall–Kier alpha value is -2.69. The summed E-state index contributed by atoms with van der Waals surface area (Å²) in [5.74, 6) is -0.989. The normalized spacial score (nSPS) is 10.1. The zero-order valence-corrected chi connectivity index (χ0v) is 11.5. The number of rotatable bonds is 6. The van der Waals surface area contributed by atoms with Crippen LogP contribution in [-0.2, 0) is 22.4 Å². The van der Waals surface area contributed by atoms with Crippen molar-refractivity contribution in [3.05, 3.63) is 59.9 Å². The van der Waals surface area contributed by atoms with Gasteiger partial charge in [0.1, 0.15) is 0 Å². The maximum atomic E-state index is 12.0. The quantitative estimate of drug-likeness (QED) is 0.853. The van der Waals surface area contributed by atoms with Crippen LogP contribution in [0.2, 0.25) is 0 Å². The number of benzene rings is 1. The molecule has 2 aromatic rings. The highest BCUT2D eigenvalue weighted by molar-refractivity contribution is 5.93. The molecule has 2 rings (SSSR count). The molecule has 0 saturated carbocycles. The van der Waals surface area contributed by atoms with E-state index in [0.29, 0.717) is 12.1 Å². The Kier molecular flexibility index (Phi) is 5.04. The third kappa shape index (κ3) is 4.72. The lowest BCUT2D eigenvalue weighted by atomic mass is 10.1. The second-order valence-electron chi connectivity index (χ2n) is 4.63. The number of para-hydroxylation sites is 1. The molecule has 21 heavy (non-hydrogen) atoms. The summed E-state index contributed by atoms with van der Waals surface area (Å²) in [6, 6.07) is 10.8. The molecule has 5 heteroatoms. The highest BCUT2D eigenvalue weighted by Gasteiger charge is 2.08. The molecule has 0 radical (unpaired) electrons. The molecule has 5 nitrogen and oxygen atoms in total. The van der Waals surface area contributed by atoms with Crippen LogP contribution in [0.15, 0.2) is 48.8 Å². The minimum Gasteiger partial charge on any atom is -0.481 e. The minimum absolute atomic E-state index is 0.0389.